The minimum absolute atomic E-state index is 0.162. The van der Waals surface area contributed by atoms with Crippen LogP contribution in [0, 0.1) is 0 Å². The Kier molecular flexibility index (Phi) is 4.67. The number of hydrogen-bond acceptors (Lipinski definition) is 6. The fourth-order valence-corrected chi connectivity index (χ4v) is 2.51. The van der Waals surface area contributed by atoms with Crippen molar-refractivity contribution in [3.05, 3.63) is 23.2 Å². The van der Waals surface area contributed by atoms with Crippen molar-refractivity contribution in [2.24, 2.45) is 0 Å². The highest BCUT2D eigenvalue weighted by molar-refractivity contribution is 7.13. The lowest BCUT2D eigenvalue weighted by Gasteiger charge is -2.16. The van der Waals surface area contributed by atoms with Gasteiger partial charge in [-0.25, -0.2) is 14.6 Å². The zero-order valence-electron chi connectivity index (χ0n) is 11.8. The summed E-state index contributed by atoms with van der Waals surface area (Å²) in [7, 11) is 1.78. The van der Waals surface area contributed by atoms with Crippen LogP contribution in [-0.2, 0) is 6.54 Å². The van der Waals surface area contributed by atoms with Crippen molar-refractivity contribution >= 4 is 22.4 Å². The van der Waals surface area contributed by atoms with Gasteiger partial charge in [-0.15, -0.1) is 11.3 Å². The molecule has 2 rings (SSSR count). The van der Waals surface area contributed by atoms with Gasteiger partial charge in [-0.3, -0.25) is 4.79 Å². The molecule has 0 aliphatic carbocycles. The number of nitrogens with one attached hydrogen (secondary N) is 2. The van der Waals surface area contributed by atoms with Crippen LogP contribution in [-0.4, -0.2) is 32.7 Å². The summed E-state index contributed by atoms with van der Waals surface area (Å²) in [6.07, 6.45) is 2.25. The Morgan fingerprint density at radius 2 is 2.30 bits per heavy atom. The first kappa shape index (κ1) is 14.4. The van der Waals surface area contributed by atoms with Gasteiger partial charge in [-0.05, 0) is 13.3 Å². The van der Waals surface area contributed by atoms with Crippen molar-refractivity contribution < 1.29 is 4.79 Å². The molecule has 1 atom stereocenters. The van der Waals surface area contributed by atoms with Gasteiger partial charge in [0.2, 0.25) is 0 Å². The highest BCUT2D eigenvalue weighted by atomic mass is 32.1. The lowest BCUT2D eigenvalue weighted by molar-refractivity contribution is 0.0928. The number of aryl methyl sites for hydroxylation is 1. The average molecular weight is 294 g/mol. The van der Waals surface area contributed by atoms with Crippen LogP contribution in [0.5, 0.6) is 0 Å². The maximum atomic E-state index is 12.2. The fraction of sp³-hybridized carbons (Fsp3) is 0.500. The van der Waals surface area contributed by atoms with Gasteiger partial charge >= 0.3 is 0 Å². The molecule has 0 fully saturated rings. The Morgan fingerprint density at radius 3 is 2.90 bits per heavy atom. The number of carbonyl (C=O) groups is 1. The number of nitrogens with zero attached hydrogens (tertiary/aromatic N) is 4. The minimum atomic E-state index is -0.194. The number of carbonyl (C=O) groups excluding carboxylic acids is 1. The molecule has 7 nitrogen and oxygen atoms in total. The summed E-state index contributed by atoms with van der Waals surface area (Å²) in [4.78, 5) is 20.6. The van der Waals surface area contributed by atoms with Crippen molar-refractivity contribution in [1.29, 1.82) is 0 Å². The van der Waals surface area contributed by atoms with E-state index in [0.29, 0.717) is 5.69 Å². The van der Waals surface area contributed by atoms with Crippen LogP contribution in [0.3, 0.4) is 0 Å². The molecule has 0 saturated heterocycles. The molecule has 0 aromatic carbocycles. The quantitative estimate of drug-likeness (QED) is 0.846. The molecule has 2 aromatic rings. The third-order valence-corrected chi connectivity index (χ3v) is 3.78. The van der Waals surface area contributed by atoms with Crippen LogP contribution in [0.15, 0.2) is 11.7 Å². The van der Waals surface area contributed by atoms with Crippen LogP contribution < -0.4 is 10.6 Å². The van der Waals surface area contributed by atoms with Crippen molar-refractivity contribution in [1.82, 2.24) is 25.1 Å². The highest BCUT2D eigenvalue weighted by Gasteiger charge is 2.20. The third-order valence-electron chi connectivity index (χ3n) is 2.92. The van der Waals surface area contributed by atoms with Gasteiger partial charge in [0.25, 0.3) is 5.91 Å². The first-order valence-corrected chi connectivity index (χ1v) is 7.39. The second-order valence-corrected chi connectivity index (χ2v) is 5.01. The van der Waals surface area contributed by atoms with E-state index in [0.717, 1.165) is 23.9 Å². The molecule has 0 spiro atoms. The Morgan fingerprint density at radius 1 is 1.50 bits per heavy atom. The van der Waals surface area contributed by atoms with E-state index in [4.69, 9.17) is 0 Å². The molecule has 0 radical (unpaired) electrons. The molecule has 0 aliphatic heterocycles. The van der Waals surface area contributed by atoms with E-state index in [1.807, 2.05) is 13.8 Å². The fourth-order valence-electron chi connectivity index (χ4n) is 1.86. The average Bonchev–Trinajstić information content (AvgIpc) is 3.12. The maximum absolute atomic E-state index is 12.2. The van der Waals surface area contributed by atoms with Gasteiger partial charge in [-0.2, -0.15) is 5.10 Å². The number of rotatable bonds is 6. The molecule has 2 N–H and O–H groups in total. The largest absolute Gasteiger partial charge is 0.365 e. The lowest BCUT2D eigenvalue weighted by atomic mass is 10.2. The molecule has 1 amide bonds. The third kappa shape index (κ3) is 2.96. The van der Waals surface area contributed by atoms with Gasteiger partial charge in [0, 0.05) is 19.0 Å². The molecular weight excluding hydrogens is 276 g/mol. The molecular formula is C12H18N6OS. The van der Waals surface area contributed by atoms with Crippen molar-refractivity contribution in [3.63, 3.8) is 0 Å². The van der Waals surface area contributed by atoms with Crippen LogP contribution in [0.2, 0.25) is 0 Å². The van der Waals surface area contributed by atoms with E-state index >= 15 is 0 Å². The second-order valence-electron chi connectivity index (χ2n) is 4.16. The topological polar surface area (TPSA) is 84.7 Å². The number of amides is 1. The lowest BCUT2D eigenvalue weighted by Crippen LogP contribution is -2.30. The SMILES string of the molecule is CCC(NC(=O)c1csc(NC)n1)c1ncnn1CC. The summed E-state index contributed by atoms with van der Waals surface area (Å²) >= 11 is 1.40. The molecule has 1 unspecified atom stereocenters. The van der Waals surface area contributed by atoms with E-state index in [1.54, 1.807) is 17.1 Å². The number of thiazole rings is 1. The summed E-state index contributed by atoms with van der Waals surface area (Å²) in [6.45, 7) is 4.72. The summed E-state index contributed by atoms with van der Waals surface area (Å²) in [6, 6.07) is -0.162. The molecule has 2 heterocycles. The summed E-state index contributed by atoms with van der Waals surface area (Å²) in [5.74, 6) is 0.577. The smallest absolute Gasteiger partial charge is 0.271 e. The zero-order valence-corrected chi connectivity index (χ0v) is 12.6. The van der Waals surface area contributed by atoms with Gasteiger partial charge in [0.05, 0.1) is 6.04 Å². The first-order valence-electron chi connectivity index (χ1n) is 6.51. The maximum Gasteiger partial charge on any atom is 0.271 e. The number of hydrogen-bond donors (Lipinski definition) is 2. The molecule has 20 heavy (non-hydrogen) atoms. The Bertz CT molecular complexity index is 578. The van der Waals surface area contributed by atoms with Crippen LogP contribution in [0.25, 0.3) is 0 Å². The standard InChI is InChI=1S/C12H18N6OS/c1-4-8(10-14-7-15-18(10)5-2)16-11(19)9-6-20-12(13-3)17-9/h6-8H,4-5H2,1-3H3,(H,13,17)(H,16,19). The molecule has 2 aromatic heterocycles. The van der Waals surface area contributed by atoms with E-state index < -0.39 is 0 Å². The predicted octanol–water partition coefficient (Wildman–Crippen LogP) is 1.68. The Labute approximate surface area is 121 Å². The van der Waals surface area contributed by atoms with E-state index in [-0.39, 0.29) is 11.9 Å². The number of aromatic nitrogens is 4. The van der Waals surface area contributed by atoms with E-state index in [2.05, 4.69) is 25.7 Å². The second kappa shape index (κ2) is 6.47. The Balaban J connectivity index is 2.12. The summed E-state index contributed by atoms with van der Waals surface area (Å²) < 4.78 is 1.79. The van der Waals surface area contributed by atoms with Crippen molar-refractivity contribution in [2.75, 3.05) is 12.4 Å². The van der Waals surface area contributed by atoms with Crippen molar-refractivity contribution in [2.45, 2.75) is 32.9 Å². The van der Waals surface area contributed by atoms with Crippen LogP contribution >= 0.6 is 11.3 Å². The zero-order chi connectivity index (χ0) is 14.5. The summed E-state index contributed by atoms with van der Waals surface area (Å²) in [5.41, 5.74) is 0.417. The monoisotopic (exact) mass is 294 g/mol. The molecule has 0 aliphatic rings. The molecule has 8 heteroatoms. The van der Waals surface area contributed by atoms with Crippen molar-refractivity contribution in [3.8, 4) is 0 Å². The van der Waals surface area contributed by atoms with Crippen LogP contribution in [0.1, 0.15) is 42.6 Å². The first-order chi connectivity index (χ1) is 9.69. The molecule has 0 saturated carbocycles. The van der Waals surface area contributed by atoms with Gasteiger partial charge in [0.1, 0.15) is 17.8 Å². The minimum Gasteiger partial charge on any atom is -0.365 e. The van der Waals surface area contributed by atoms with Gasteiger partial charge in [-0.1, -0.05) is 6.92 Å². The van der Waals surface area contributed by atoms with Gasteiger partial charge < -0.3 is 10.6 Å². The van der Waals surface area contributed by atoms with E-state index in [9.17, 15) is 4.79 Å². The van der Waals surface area contributed by atoms with Crippen LogP contribution in [0.4, 0.5) is 5.13 Å². The Hall–Kier alpha value is -1.96. The number of anilines is 1. The normalized spacial score (nSPS) is 12.2. The molecule has 0 bridgehead atoms. The summed E-state index contributed by atoms with van der Waals surface area (Å²) in [5, 5.41) is 12.5. The van der Waals surface area contributed by atoms with Gasteiger partial charge in [0.15, 0.2) is 5.13 Å². The highest BCUT2D eigenvalue weighted by Crippen LogP contribution is 2.17. The molecule has 108 valence electrons. The predicted molar refractivity (Wildman–Crippen MR) is 77.9 cm³/mol. The van der Waals surface area contributed by atoms with E-state index in [1.165, 1.54) is 17.7 Å².